The number of ether oxygens (including phenoxy) is 1. The molecule has 0 saturated heterocycles. The molecule has 2 heterocycles. The molecule has 9 heteroatoms. The van der Waals surface area contributed by atoms with Gasteiger partial charge in [-0.25, -0.2) is 9.67 Å². The highest BCUT2D eigenvalue weighted by Gasteiger charge is 2.08. The summed E-state index contributed by atoms with van der Waals surface area (Å²) in [4.78, 5) is 28.8. The molecule has 2 aromatic heterocycles. The Hall–Kier alpha value is -3.78. The van der Waals surface area contributed by atoms with E-state index in [1.54, 1.807) is 60.7 Å². The largest absolute Gasteiger partial charge is 0.439 e. The number of nitrogens with one attached hydrogen (secondary N) is 1. The fraction of sp³-hybridized carbons (Fsp3) is 0.0952. The molecule has 150 valence electrons. The van der Waals surface area contributed by atoms with Crippen molar-refractivity contribution in [1.82, 2.24) is 20.0 Å². The maximum Gasteiger partial charge on any atom is 0.277 e. The molecule has 0 bridgehead atoms. The van der Waals surface area contributed by atoms with Gasteiger partial charge in [0, 0.05) is 17.5 Å². The summed E-state index contributed by atoms with van der Waals surface area (Å²) in [6.45, 7) is 0.119. The Kier molecular flexibility index (Phi) is 5.67. The van der Waals surface area contributed by atoms with Crippen LogP contribution in [0.15, 0.2) is 71.7 Å². The molecular weight excluding hydrogens is 406 g/mol. The minimum Gasteiger partial charge on any atom is -0.439 e. The van der Waals surface area contributed by atoms with E-state index in [1.807, 2.05) is 0 Å². The van der Waals surface area contributed by atoms with Crippen LogP contribution in [0.25, 0.3) is 10.9 Å². The van der Waals surface area contributed by atoms with Crippen molar-refractivity contribution < 1.29 is 9.53 Å². The molecule has 0 spiro atoms. The molecule has 1 amide bonds. The number of carbonyl (C=O) groups excluding carboxylic acids is 1. The lowest BCUT2D eigenvalue weighted by Crippen LogP contribution is -2.26. The zero-order valence-corrected chi connectivity index (χ0v) is 16.4. The summed E-state index contributed by atoms with van der Waals surface area (Å²) in [5.41, 5.74) is 0.759. The molecule has 0 radical (unpaired) electrons. The van der Waals surface area contributed by atoms with Crippen LogP contribution in [0, 0.1) is 0 Å². The number of nitrogens with zero attached hydrogens (tertiary/aromatic N) is 4. The minimum absolute atomic E-state index is 0.0654. The number of hydrogen-bond donors (Lipinski definition) is 1. The summed E-state index contributed by atoms with van der Waals surface area (Å²) in [6, 6.07) is 17.2. The number of hydrogen-bond acceptors (Lipinski definition) is 6. The van der Waals surface area contributed by atoms with E-state index in [0.29, 0.717) is 33.2 Å². The van der Waals surface area contributed by atoms with Crippen molar-refractivity contribution in [2.45, 2.75) is 13.0 Å². The first kappa shape index (κ1) is 19.5. The van der Waals surface area contributed by atoms with Gasteiger partial charge in [0.1, 0.15) is 11.3 Å². The highest BCUT2D eigenvalue weighted by molar-refractivity contribution is 6.30. The maximum absolute atomic E-state index is 12.4. The standard InChI is InChI=1S/C21H16ClN5O3/c22-14-5-8-16(9-6-14)30-20-10-7-15(13-23-20)24-19(28)11-12-27-21(29)17-3-1-2-4-18(17)25-26-27/h1-10,13H,11-12H2,(H,24,28). The first-order valence-electron chi connectivity index (χ1n) is 9.10. The Morgan fingerprint density at radius 2 is 1.87 bits per heavy atom. The van der Waals surface area contributed by atoms with Gasteiger partial charge in [-0.3, -0.25) is 9.59 Å². The third-order valence-electron chi connectivity index (χ3n) is 4.24. The lowest BCUT2D eigenvalue weighted by atomic mass is 10.2. The van der Waals surface area contributed by atoms with Crippen LogP contribution >= 0.6 is 11.6 Å². The van der Waals surface area contributed by atoms with Crippen molar-refractivity contribution in [3.05, 3.63) is 82.2 Å². The van der Waals surface area contributed by atoms with E-state index in [1.165, 1.54) is 10.9 Å². The van der Waals surface area contributed by atoms with Gasteiger partial charge in [-0.15, -0.1) is 5.10 Å². The molecule has 0 unspecified atom stereocenters. The SMILES string of the molecule is O=C(CCn1nnc2ccccc2c1=O)Nc1ccc(Oc2ccc(Cl)cc2)nc1. The zero-order valence-electron chi connectivity index (χ0n) is 15.7. The number of pyridine rings is 1. The highest BCUT2D eigenvalue weighted by Crippen LogP contribution is 2.22. The molecule has 1 N–H and O–H groups in total. The number of benzene rings is 2. The molecule has 0 aliphatic rings. The molecule has 0 fully saturated rings. The predicted octanol–water partition coefficient (Wildman–Crippen LogP) is 3.66. The Morgan fingerprint density at radius 1 is 1.07 bits per heavy atom. The first-order chi connectivity index (χ1) is 14.6. The van der Waals surface area contributed by atoms with Gasteiger partial charge in [0.05, 0.1) is 23.8 Å². The third-order valence-corrected chi connectivity index (χ3v) is 4.49. The van der Waals surface area contributed by atoms with E-state index < -0.39 is 0 Å². The monoisotopic (exact) mass is 421 g/mol. The molecule has 4 rings (SSSR count). The molecule has 0 aliphatic carbocycles. The number of aryl methyl sites for hydroxylation is 1. The van der Waals surface area contributed by atoms with Crippen molar-refractivity contribution in [3.8, 4) is 11.6 Å². The van der Waals surface area contributed by atoms with Crippen molar-refractivity contribution in [2.75, 3.05) is 5.32 Å². The van der Waals surface area contributed by atoms with Gasteiger partial charge in [0.15, 0.2) is 0 Å². The van der Waals surface area contributed by atoms with E-state index in [0.717, 1.165) is 0 Å². The van der Waals surface area contributed by atoms with Crippen LogP contribution in [0.2, 0.25) is 5.02 Å². The Labute approximate surface area is 176 Å². The number of anilines is 1. The number of halogens is 1. The van der Waals surface area contributed by atoms with E-state index in [9.17, 15) is 9.59 Å². The maximum atomic E-state index is 12.4. The van der Waals surface area contributed by atoms with Gasteiger partial charge in [0.2, 0.25) is 11.8 Å². The van der Waals surface area contributed by atoms with E-state index in [-0.39, 0.29) is 24.4 Å². The Bertz CT molecular complexity index is 1240. The quantitative estimate of drug-likeness (QED) is 0.510. The molecule has 2 aromatic carbocycles. The van der Waals surface area contributed by atoms with Crippen LogP contribution in [0.1, 0.15) is 6.42 Å². The highest BCUT2D eigenvalue weighted by atomic mass is 35.5. The second-order valence-electron chi connectivity index (χ2n) is 6.37. The molecular formula is C21H16ClN5O3. The van der Waals surface area contributed by atoms with Crippen molar-refractivity contribution in [1.29, 1.82) is 0 Å². The molecule has 0 aliphatic heterocycles. The number of fused-ring (bicyclic) bond motifs is 1. The Morgan fingerprint density at radius 3 is 2.63 bits per heavy atom. The second kappa shape index (κ2) is 8.71. The fourth-order valence-corrected chi connectivity index (χ4v) is 2.86. The molecule has 4 aromatic rings. The average molecular weight is 422 g/mol. The molecule has 0 atom stereocenters. The average Bonchev–Trinajstić information content (AvgIpc) is 2.76. The second-order valence-corrected chi connectivity index (χ2v) is 6.81. The number of amides is 1. The fourth-order valence-electron chi connectivity index (χ4n) is 2.74. The number of aromatic nitrogens is 4. The van der Waals surface area contributed by atoms with Crippen molar-refractivity contribution in [2.24, 2.45) is 0 Å². The van der Waals surface area contributed by atoms with Crippen LogP contribution in [-0.4, -0.2) is 25.9 Å². The van der Waals surface area contributed by atoms with E-state index in [4.69, 9.17) is 16.3 Å². The smallest absolute Gasteiger partial charge is 0.277 e. The summed E-state index contributed by atoms with van der Waals surface area (Å²) < 4.78 is 6.79. The minimum atomic E-state index is -0.279. The zero-order chi connectivity index (χ0) is 20.9. The van der Waals surface area contributed by atoms with Crippen LogP contribution in [0.4, 0.5) is 5.69 Å². The lowest BCUT2D eigenvalue weighted by molar-refractivity contribution is -0.116. The van der Waals surface area contributed by atoms with E-state index in [2.05, 4.69) is 20.6 Å². The van der Waals surface area contributed by atoms with Gasteiger partial charge >= 0.3 is 0 Å². The van der Waals surface area contributed by atoms with Crippen LogP contribution in [-0.2, 0) is 11.3 Å². The Balaban J connectivity index is 1.34. The lowest BCUT2D eigenvalue weighted by Gasteiger charge is -2.08. The normalized spacial score (nSPS) is 10.7. The van der Waals surface area contributed by atoms with Gasteiger partial charge in [-0.1, -0.05) is 28.9 Å². The predicted molar refractivity (Wildman–Crippen MR) is 113 cm³/mol. The summed E-state index contributed by atoms with van der Waals surface area (Å²) >= 11 is 5.85. The van der Waals surface area contributed by atoms with Gasteiger partial charge in [0.25, 0.3) is 5.56 Å². The molecule has 8 nitrogen and oxygen atoms in total. The molecule has 0 saturated carbocycles. The third kappa shape index (κ3) is 4.61. The van der Waals surface area contributed by atoms with Crippen LogP contribution in [0.5, 0.6) is 11.6 Å². The topological polar surface area (TPSA) is 99.0 Å². The van der Waals surface area contributed by atoms with Gasteiger partial charge < -0.3 is 10.1 Å². The van der Waals surface area contributed by atoms with Crippen LogP contribution in [0.3, 0.4) is 0 Å². The summed E-state index contributed by atoms with van der Waals surface area (Å²) in [6.07, 6.45) is 1.56. The number of carbonyl (C=O) groups is 1. The van der Waals surface area contributed by atoms with Gasteiger partial charge in [-0.2, -0.15) is 0 Å². The summed E-state index contributed by atoms with van der Waals surface area (Å²) in [5, 5.41) is 11.7. The van der Waals surface area contributed by atoms with Gasteiger partial charge in [-0.05, 0) is 42.5 Å². The number of rotatable bonds is 6. The van der Waals surface area contributed by atoms with Crippen molar-refractivity contribution in [3.63, 3.8) is 0 Å². The van der Waals surface area contributed by atoms with Crippen LogP contribution < -0.4 is 15.6 Å². The summed E-state index contributed by atoms with van der Waals surface area (Å²) in [5.74, 6) is 0.712. The molecule has 30 heavy (non-hydrogen) atoms. The van der Waals surface area contributed by atoms with Crippen molar-refractivity contribution >= 4 is 34.1 Å². The summed E-state index contributed by atoms with van der Waals surface area (Å²) in [7, 11) is 0. The van der Waals surface area contributed by atoms with E-state index >= 15 is 0 Å². The first-order valence-corrected chi connectivity index (χ1v) is 9.48.